The SMILES string of the molecule is NC(CCC(=O)CC(COC(=O)CCC(N)C(=O)O)C(=O)N1CCC(Nc2nc(NCc3cn(CCCNCCCNC4CCCCC4)nn3)nc3ccccc23)CC1)C(=O)O. The maximum Gasteiger partial charge on any atom is 0.320 e. The highest BCUT2D eigenvalue weighted by molar-refractivity contribution is 5.90. The zero-order valence-corrected chi connectivity index (χ0v) is 35.5. The van der Waals surface area contributed by atoms with Crippen molar-refractivity contribution in [3.63, 3.8) is 0 Å². The summed E-state index contributed by atoms with van der Waals surface area (Å²) in [5, 5.41) is 41.6. The minimum atomic E-state index is -1.26. The second-order valence-corrected chi connectivity index (χ2v) is 16.3. The van der Waals surface area contributed by atoms with Gasteiger partial charge in [0.1, 0.15) is 36.0 Å². The highest BCUT2D eigenvalue weighted by Gasteiger charge is 2.32. The second kappa shape index (κ2) is 25.0. The fourth-order valence-electron chi connectivity index (χ4n) is 7.67. The monoisotopic (exact) mass is 864 g/mol. The van der Waals surface area contributed by atoms with Crippen molar-refractivity contribution in [1.29, 1.82) is 0 Å². The van der Waals surface area contributed by atoms with Crippen molar-refractivity contribution >= 4 is 52.3 Å². The van der Waals surface area contributed by atoms with Crippen LogP contribution in [0.1, 0.15) is 95.6 Å². The van der Waals surface area contributed by atoms with Gasteiger partial charge >= 0.3 is 17.9 Å². The number of fused-ring (bicyclic) bond motifs is 1. The summed E-state index contributed by atoms with van der Waals surface area (Å²) in [7, 11) is 0. The lowest BCUT2D eigenvalue weighted by Gasteiger charge is -2.34. The van der Waals surface area contributed by atoms with Gasteiger partial charge in [0.2, 0.25) is 11.9 Å². The molecule has 3 atom stereocenters. The maximum absolute atomic E-state index is 13.8. The molecule has 1 amide bonds. The summed E-state index contributed by atoms with van der Waals surface area (Å²) in [4.78, 5) is 72.4. The lowest BCUT2D eigenvalue weighted by Crippen LogP contribution is -2.46. The normalized spacial score (nSPS) is 16.4. The number of hydrogen-bond donors (Lipinski definition) is 8. The summed E-state index contributed by atoms with van der Waals surface area (Å²) in [6.45, 7) is 4.40. The second-order valence-electron chi connectivity index (χ2n) is 16.3. The first kappa shape index (κ1) is 47.7. The Hall–Kier alpha value is -5.31. The van der Waals surface area contributed by atoms with Crippen LogP contribution in [0.15, 0.2) is 30.5 Å². The lowest BCUT2D eigenvalue weighted by molar-refractivity contribution is -0.151. The average molecular weight is 865 g/mol. The Bertz CT molecular complexity index is 1920. The summed E-state index contributed by atoms with van der Waals surface area (Å²) < 4.78 is 7.16. The van der Waals surface area contributed by atoms with Gasteiger partial charge in [-0.3, -0.25) is 28.7 Å². The summed E-state index contributed by atoms with van der Waals surface area (Å²) in [6, 6.07) is 5.85. The zero-order valence-electron chi connectivity index (χ0n) is 35.5. The molecule has 1 saturated heterocycles. The molecule has 1 saturated carbocycles. The number of ketones is 1. The van der Waals surface area contributed by atoms with Gasteiger partial charge in [-0.25, -0.2) is 4.98 Å². The topological polar surface area (TPSA) is 295 Å². The third-order valence-electron chi connectivity index (χ3n) is 11.4. The third-order valence-corrected chi connectivity index (χ3v) is 11.4. The van der Waals surface area contributed by atoms with Crippen LogP contribution in [0.4, 0.5) is 11.8 Å². The number of benzene rings is 1. The van der Waals surface area contributed by atoms with Gasteiger partial charge in [0.05, 0.1) is 24.2 Å². The predicted molar refractivity (Wildman–Crippen MR) is 231 cm³/mol. The molecule has 3 aromatic rings. The van der Waals surface area contributed by atoms with E-state index in [1.807, 2.05) is 35.1 Å². The molecule has 3 heterocycles. The minimum Gasteiger partial charge on any atom is -0.480 e. The molecule has 2 fully saturated rings. The van der Waals surface area contributed by atoms with E-state index < -0.39 is 48.3 Å². The summed E-state index contributed by atoms with van der Waals surface area (Å²) in [6.07, 6.45) is 10.8. The molecule has 1 aromatic carbocycles. The van der Waals surface area contributed by atoms with Gasteiger partial charge in [-0.15, -0.1) is 5.10 Å². The first-order chi connectivity index (χ1) is 29.9. The molecule has 340 valence electrons. The number of amides is 1. The molecule has 20 nitrogen and oxygen atoms in total. The van der Waals surface area contributed by atoms with E-state index in [2.05, 4.69) is 31.6 Å². The Morgan fingerprint density at radius 1 is 0.855 bits per heavy atom. The number of carboxylic acids is 2. The van der Waals surface area contributed by atoms with Gasteiger partial charge in [-0.2, -0.15) is 4.98 Å². The summed E-state index contributed by atoms with van der Waals surface area (Å²) >= 11 is 0. The largest absolute Gasteiger partial charge is 0.480 e. The first-order valence-corrected chi connectivity index (χ1v) is 22.0. The molecule has 3 unspecified atom stereocenters. The number of aromatic nitrogens is 5. The number of para-hydroxylation sites is 1. The van der Waals surface area contributed by atoms with Crippen molar-refractivity contribution in [2.75, 3.05) is 50.0 Å². The van der Waals surface area contributed by atoms with E-state index in [0.29, 0.717) is 50.3 Å². The molecule has 20 heteroatoms. The van der Waals surface area contributed by atoms with Crippen LogP contribution in [0.2, 0.25) is 0 Å². The van der Waals surface area contributed by atoms with Crippen molar-refractivity contribution in [2.24, 2.45) is 17.4 Å². The van der Waals surface area contributed by atoms with Crippen LogP contribution in [0.25, 0.3) is 10.9 Å². The van der Waals surface area contributed by atoms with Crippen LogP contribution in [0.5, 0.6) is 0 Å². The van der Waals surface area contributed by atoms with Crippen molar-refractivity contribution < 1.29 is 38.9 Å². The van der Waals surface area contributed by atoms with Crippen LogP contribution >= 0.6 is 0 Å². The van der Waals surface area contributed by atoms with Gasteiger partial charge in [0.15, 0.2) is 0 Å². The molecular formula is C42H64N12O8. The number of Topliss-reactive ketones (excluding diaryl/α,β-unsaturated/α-hetero) is 1. The van der Waals surface area contributed by atoms with E-state index in [1.54, 1.807) is 4.90 Å². The number of nitrogens with two attached hydrogens (primary N) is 2. The van der Waals surface area contributed by atoms with Crippen LogP contribution in [-0.4, -0.2) is 133 Å². The Kier molecular flexibility index (Phi) is 19.2. The maximum atomic E-state index is 13.8. The summed E-state index contributed by atoms with van der Waals surface area (Å²) in [5.41, 5.74) is 12.6. The van der Waals surface area contributed by atoms with Crippen molar-refractivity contribution in [3.8, 4) is 0 Å². The number of anilines is 2. The van der Waals surface area contributed by atoms with Crippen LogP contribution in [0.3, 0.4) is 0 Å². The van der Waals surface area contributed by atoms with Gasteiger partial charge in [0.25, 0.3) is 0 Å². The number of nitrogens with one attached hydrogen (secondary N) is 4. The number of likely N-dealkylation sites (tertiary alicyclic amines) is 1. The van der Waals surface area contributed by atoms with E-state index in [0.717, 1.165) is 55.6 Å². The predicted octanol–water partition coefficient (Wildman–Crippen LogP) is 2.03. The number of piperidine rings is 1. The molecule has 1 aliphatic heterocycles. The van der Waals surface area contributed by atoms with Crippen molar-refractivity contribution in [3.05, 3.63) is 36.2 Å². The molecule has 0 bridgehead atoms. The molecule has 1 aliphatic carbocycles. The lowest BCUT2D eigenvalue weighted by atomic mass is 9.95. The van der Waals surface area contributed by atoms with Gasteiger partial charge in [-0.1, -0.05) is 36.6 Å². The average Bonchev–Trinajstić information content (AvgIpc) is 3.74. The molecule has 62 heavy (non-hydrogen) atoms. The first-order valence-electron chi connectivity index (χ1n) is 22.0. The molecular weight excluding hydrogens is 801 g/mol. The number of carbonyl (C=O) groups excluding carboxylic acids is 3. The number of aryl methyl sites for hydroxylation is 1. The fraction of sp³-hybridized carbons (Fsp3) is 0.643. The molecule has 0 spiro atoms. The number of carboxylic acid groups (broad SMARTS) is 2. The summed E-state index contributed by atoms with van der Waals surface area (Å²) in [5.74, 6) is -3.97. The number of carbonyl (C=O) groups is 5. The molecule has 0 radical (unpaired) electrons. The van der Waals surface area contributed by atoms with E-state index >= 15 is 0 Å². The molecule has 5 rings (SSSR count). The van der Waals surface area contributed by atoms with Crippen LogP contribution < -0.4 is 32.7 Å². The van der Waals surface area contributed by atoms with Gasteiger partial charge < -0.3 is 52.6 Å². The standard InChI is InChI=1S/C42H64N12O8/c43-34(40(58)59)13-12-32(55)24-28(27-62-37(56)15-14-35(44)41(60)61)39(57)53-22-16-30(17-23-53)48-38-33-10-4-5-11-36(33)49-42(50-38)47-25-31-26-54(52-51-31)21-7-19-45-18-6-20-46-29-8-2-1-3-9-29/h4-5,10-11,26,28-30,34-35,45-46H,1-3,6-9,12-25,27,43-44H2,(H,58,59)(H,60,61)(H2,47,48,49,50). The van der Waals surface area contributed by atoms with Crippen molar-refractivity contribution in [2.45, 2.75) is 127 Å². The third kappa shape index (κ3) is 15.9. The zero-order chi connectivity index (χ0) is 44.3. The number of esters is 1. The Labute approximate surface area is 361 Å². The molecule has 10 N–H and O–H groups in total. The van der Waals surface area contributed by atoms with E-state index in [-0.39, 0.29) is 44.1 Å². The Morgan fingerprint density at radius 3 is 2.31 bits per heavy atom. The van der Waals surface area contributed by atoms with Gasteiger partial charge in [0, 0.05) is 56.4 Å². The highest BCUT2D eigenvalue weighted by Crippen LogP contribution is 2.26. The van der Waals surface area contributed by atoms with E-state index in [9.17, 15) is 24.0 Å². The Morgan fingerprint density at radius 2 is 1.56 bits per heavy atom. The van der Waals surface area contributed by atoms with E-state index in [1.165, 1.54) is 32.1 Å². The van der Waals surface area contributed by atoms with Gasteiger partial charge in [-0.05, 0) is 83.1 Å². The number of rotatable bonds is 27. The highest BCUT2D eigenvalue weighted by atomic mass is 16.5. The van der Waals surface area contributed by atoms with E-state index in [4.69, 9.17) is 36.4 Å². The molecule has 2 aromatic heterocycles. The van der Waals surface area contributed by atoms with Crippen LogP contribution in [-0.2, 0) is 41.8 Å². The number of hydrogen-bond acceptors (Lipinski definition) is 16. The number of aliphatic carboxylic acids is 2. The van der Waals surface area contributed by atoms with Crippen LogP contribution in [0, 0.1) is 5.92 Å². The fourth-order valence-corrected chi connectivity index (χ4v) is 7.67. The number of nitrogens with zero attached hydrogens (tertiary/aromatic N) is 6. The Balaban J connectivity index is 1.09. The molecule has 2 aliphatic rings. The smallest absolute Gasteiger partial charge is 0.320 e. The number of ether oxygens (including phenoxy) is 1. The quantitative estimate of drug-likeness (QED) is 0.0402. The van der Waals surface area contributed by atoms with Crippen molar-refractivity contribution in [1.82, 2.24) is 40.5 Å². The minimum absolute atomic E-state index is 0.0494.